The summed E-state index contributed by atoms with van der Waals surface area (Å²) in [4.78, 5) is 0. The van der Waals surface area contributed by atoms with E-state index in [0.717, 1.165) is 31.6 Å². The van der Waals surface area contributed by atoms with Crippen molar-refractivity contribution in [3.8, 4) is 5.75 Å². The van der Waals surface area contributed by atoms with Gasteiger partial charge in [0.25, 0.3) is 0 Å². The second-order valence-corrected chi connectivity index (χ2v) is 6.00. The molecule has 0 radical (unpaired) electrons. The number of rotatable bonds is 5. The minimum atomic E-state index is 0.0372. The number of hydrogen-bond acceptors (Lipinski definition) is 3. The van der Waals surface area contributed by atoms with Crippen LogP contribution in [-0.4, -0.2) is 25.4 Å². The van der Waals surface area contributed by atoms with Gasteiger partial charge in [0.15, 0.2) is 0 Å². The molecule has 0 aromatic heterocycles. The number of methoxy groups -OCH3 is 1. The summed E-state index contributed by atoms with van der Waals surface area (Å²) in [6.45, 7) is 7.51. The Morgan fingerprint density at radius 1 is 1.40 bits per heavy atom. The summed E-state index contributed by atoms with van der Waals surface area (Å²) in [5.41, 5.74) is 1.34. The molecule has 1 aromatic rings. The van der Waals surface area contributed by atoms with Gasteiger partial charge < -0.3 is 14.8 Å². The average Bonchev–Trinajstić information content (AvgIpc) is 2.47. The Kier molecular flexibility index (Phi) is 5.06. The van der Waals surface area contributed by atoms with Crippen LogP contribution < -0.4 is 10.1 Å². The second kappa shape index (κ2) is 6.59. The molecule has 0 spiro atoms. The van der Waals surface area contributed by atoms with E-state index >= 15 is 0 Å². The van der Waals surface area contributed by atoms with Gasteiger partial charge in [-0.15, -0.1) is 0 Å². The van der Waals surface area contributed by atoms with E-state index in [2.05, 4.69) is 38.2 Å². The predicted molar refractivity (Wildman–Crippen MR) is 82.2 cm³/mol. The van der Waals surface area contributed by atoms with Gasteiger partial charge in [-0.2, -0.15) is 0 Å². The van der Waals surface area contributed by atoms with Crippen LogP contribution in [0.4, 0.5) is 0 Å². The van der Waals surface area contributed by atoms with E-state index in [9.17, 15) is 0 Å². The fraction of sp³-hybridized carbons (Fsp3) is 0.647. The Bertz CT molecular complexity index is 418. The van der Waals surface area contributed by atoms with Crippen molar-refractivity contribution in [2.24, 2.45) is 0 Å². The molecule has 20 heavy (non-hydrogen) atoms. The molecule has 3 nitrogen and oxygen atoms in total. The van der Waals surface area contributed by atoms with E-state index < -0.39 is 0 Å². The molecule has 1 heterocycles. The molecule has 2 rings (SSSR count). The van der Waals surface area contributed by atoms with Gasteiger partial charge in [0, 0.05) is 18.7 Å². The zero-order chi connectivity index (χ0) is 14.6. The van der Waals surface area contributed by atoms with Crippen molar-refractivity contribution in [2.75, 3.05) is 13.7 Å². The smallest absolute Gasteiger partial charge is 0.118 e. The highest BCUT2D eigenvalue weighted by Crippen LogP contribution is 2.29. The molecule has 1 fully saturated rings. The van der Waals surface area contributed by atoms with Gasteiger partial charge in [0.1, 0.15) is 5.75 Å². The van der Waals surface area contributed by atoms with Gasteiger partial charge in [-0.05, 0) is 50.8 Å². The largest absolute Gasteiger partial charge is 0.497 e. The maximum absolute atomic E-state index is 5.91. The lowest BCUT2D eigenvalue weighted by atomic mass is 9.89. The number of nitrogens with one attached hydrogen (secondary N) is 1. The monoisotopic (exact) mass is 277 g/mol. The van der Waals surface area contributed by atoms with E-state index in [4.69, 9.17) is 9.47 Å². The molecule has 0 bridgehead atoms. The maximum atomic E-state index is 5.91. The van der Waals surface area contributed by atoms with Crippen LogP contribution in [0, 0.1) is 0 Å². The fourth-order valence-corrected chi connectivity index (χ4v) is 2.86. The first-order valence-corrected chi connectivity index (χ1v) is 7.60. The molecule has 0 amide bonds. The van der Waals surface area contributed by atoms with Crippen LogP contribution in [0.3, 0.4) is 0 Å². The zero-order valence-corrected chi connectivity index (χ0v) is 13.1. The molecule has 0 aliphatic carbocycles. The van der Waals surface area contributed by atoms with Crippen LogP contribution in [0.15, 0.2) is 24.3 Å². The number of benzene rings is 1. The zero-order valence-electron chi connectivity index (χ0n) is 13.1. The lowest BCUT2D eigenvalue weighted by Crippen LogP contribution is -2.45. The Morgan fingerprint density at radius 3 is 2.70 bits per heavy atom. The highest BCUT2D eigenvalue weighted by Gasteiger charge is 2.32. The molecule has 1 N–H and O–H groups in total. The summed E-state index contributed by atoms with van der Waals surface area (Å²) in [6, 6.07) is 9.20. The third kappa shape index (κ3) is 3.74. The maximum Gasteiger partial charge on any atom is 0.118 e. The van der Waals surface area contributed by atoms with Gasteiger partial charge >= 0.3 is 0 Å². The van der Waals surface area contributed by atoms with Crippen LogP contribution in [0.1, 0.15) is 51.6 Å². The molecule has 112 valence electrons. The van der Waals surface area contributed by atoms with Gasteiger partial charge in [0.2, 0.25) is 0 Å². The van der Waals surface area contributed by atoms with Gasteiger partial charge in [-0.3, -0.25) is 0 Å². The topological polar surface area (TPSA) is 30.5 Å². The third-order valence-electron chi connectivity index (χ3n) is 4.44. The Morgan fingerprint density at radius 2 is 2.10 bits per heavy atom. The first kappa shape index (κ1) is 15.3. The fourth-order valence-electron chi connectivity index (χ4n) is 2.86. The van der Waals surface area contributed by atoms with Crippen molar-refractivity contribution in [1.82, 2.24) is 5.32 Å². The van der Waals surface area contributed by atoms with E-state index in [1.54, 1.807) is 7.11 Å². The standard InChI is InChI=1S/C17H27NO2/c1-5-17(3)12-15(10-11-20-17)18-13(2)14-6-8-16(19-4)9-7-14/h6-9,13,15,18H,5,10-12H2,1-4H3/t13-,15?,17?/m0/s1. The molecule has 1 saturated heterocycles. The molecule has 2 unspecified atom stereocenters. The summed E-state index contributed by atoms with van der Waals surface area (Å²) in [7, 11) is 1.70. The van der Waals surface area contributed by atoms with Gasteiger partial charge in [-0.25, -0.2) is 0 Å². The molecular formula is C17H27NO2. The van der Waals surface area contributed by atoms with Crippen LogP contribution in [0.25, 0.3) is 0 Å². The van der Waals surface area contributed by atoms with Crippen molar-refractivity contribution in [2.45, 2.75) is 57.7 Å². The third-order valence-corrected chi connectivity index (χ3v) is 4.44. The van der Waals surface area contributed by atoms with Crippen molar-refractivity contribution < 1.29 is 9.47 Å². The van der Waals surface area contributed by atoms with E-state index in [1.165, 1.54) is 5.56 Å². The lowest BCUT2D eigenvalue weighted by Gasteiger charge is -2.39. The Labute approximate surface area is 122 Å². The molecule has 3 atom stereocenters. The molecule has 0 saturated carbocycles. The van der Waals surface area contributed by atoms with Crippen LogP contribution >= 0.6 is 0 Å². The van der Waals surface area contributed by atoms with Gasteiger partial charge in [0.05, 0.1) is 12.7 Å². The van der Waals surface area contributed by atoms with Crippen molar-refractivity contribution in [3.05, 3.63) is 29.8 Å². The van der Waals surface area contributed by atoms with Crippen molar-refractivity contribution >= 4 is 0 Å². The van der Waals surface area contributed by atoms with E-state index in [-0.39, 0.29) is 5.60 Å². The molecular weight excluding hydrogens is 250 g/mol. The Hall–Kier alpha value is -1.06. The Balaban J connectivity index is 1.94. The summed E-state index contributed by atoms with van der Waals surface area (Å²) < 4.78 is 11.1. The molecule has 3 heteroatoms. The second-order valence-electron chi connectivity index (χ2n) is 6.00. The van der Waals surface area contributed by atoms with Gasteiger partial charge in [-0.1, -0.05) is 19.1 Å². The predicted octanol–water partition coefficient (Wildman–Crippen LogP) is 3.69. The van der Waals surface area contributed by atoms with Crippen molar-refractivity contribution in [1.29, 1.82) is 0 Å². The summed E-state index contributed by atoms with van der Waals surface area (Å²) >= 11 is 0. The minimum Gasteiger partial charge on any atom is -0.497 e. The first-order chi connectivity index (χ1) is 9.56. The summed E-state index contributed by atoms with van der Waals surface area (Å²) in [5, 5.41) is 3.74. The SMILES string of the molecule is CCC1(C)CC(N[C@@H](C)c2ccc(OC)cc2)CCO1. The average molecular weight is 277 g/mol. The molecule has 1 aliphatic rings. The number of hydrogen-bond donors (Lipinski definition) is 1. The summed E-state index contributed by atoms with van der Waals surface area (Å²) in [5.74, 6) is 0.908. The highest BCUT2D eigenvalue weighted by molar-refractivity contribution is 5.28. The van der Waals surface area contributed by atoms with Crippen LogP contribution in [0.5, 0.6) is 5.75 Å². The normalized spacial score (nSPS) is 28.1. The van der Waals surface area contributed by atoms with Crippen molar-refractivity contribution in [3.63, 3.8) is 0 Å². The number of ether oxygens (including phenoxy) is 2. The van der Waals surface area contributed by atoms with E-state index in [0.29, 0.717) is 12.1 Å². The van der Waals surface area contributed by atoms with Crippen LogP contribution in [-0.2, 0) is 4.74 Å². The molecule has 1 aromatic carbocycles. The first-order valence-electron chi connectivity index (χ1n) is 7.60. The lowest BCUT2D eigenvalue weighted by molar-refractivity contribution is -0.0789. The summed E-state index contributed by atoms with van der Waals surface area (Å²) in [6.07, 6.45) is 3.25. The highest BCUT2D eigenvalue weighted by atomic mass is 16.5. The molecule has 1 aliphatic heterocycles. The quantitative estimate of drug-likeness (QED) is 0.890. The van der Waals surface area contributed by atoms with E-state index in [1.807, 2.05) is 12.1 Å². The van der Waals surface area contributed by atoms with Crippen LogP contribution in [0.2, 0.25) is 0 Å². The minimum absolute atomic E-state index is 0.0372.